The third kappa shape index (κ3) is 5.96. The molecule has 0 N–H and O–H groups in total. The third-order valence-corrected chi connectivity index (χ3v) is 5.01. The van der Waals surface area contributed by atoms with Crippen molar-refractivity contribution in [3.63, 3.8) is 0 Å². The maximum atomic E-state index is 13.6. The van der Waals surface area contributed by atoms with Crippen LogP contribution in [0.15, 0.2) is 47.2 Å². The Bertz CT molecular complexity index is 960. The minimum Gasteiger partial charge on any atom is -0.443 e. The average Bonchev–Trinajstić information content (AvgIpc) is 3.08. The number of Topliss-reactive ketones (excluding diaryl/α,β-unsaturated/α-hetero) is 1. The van der Waals surface area contributed by atoms with Crippen LogP contribution in [0, 0.1) is 0 Å². The smallest absolute Gasteiger partial charge is 0.419 e. The largest absolute Gasteiger partial charge is 0.443 e. The van der Waals surface area contributed by atoms with E-state index in [9.17, 15) is 9.59 Å². The zero-order chi connectivity index (χ0) is 22.3. The summed E-state index contributed by atoms with van der Waals surface area (Å²) in [5, 5.41) is 0.842. The molecule has 0 spiro atoms. The number of ketones is 1. The Morgan fingerprint density at radius 3 is 2.30 bits per heavy atom. The van der Waals surface area contributed by atoms with E-state index in [-0.39, 0.29) is 5.78 Å². The molecule has 0 bridgehead atoms. The molecular weight excluding hydrogens is 374 g/mol. The highest BCUT2D eigenvalue weighted by Crippen LogP contribution is 2.25. The van der Waals surface area contributed by atoms with E-state index in [2.05, 4.69) is 26.5 Å². The number of hydrogen-bond acceptors (Lipinski definition) is 3. The molecule has 1 aromatic carbocycles. The molecule has 0 atom stereocenters. The van der Waals surface area contributed by atoms with Gasteiger partial charge in [0.05, 0.1) is 5.52 Å². The molecule has 1 heterocycles. The second-order valence-electron chi connectivity index (χ2n) is 8.60. The van der Waals surface area contributed by atoms with Crippen LogP contribution in [-0.4, -0.2) is 22.0 Å². The highest BCUT2D eigenvalue weighted by atomic mass is 16.6. The molecule has 0 saturated carbocycles. The topological polar surface area (TPSA) is 48.3 Å². The summed E-state index contributed by atoms with van der Waals surface area (Å²) in [5.74, 6) is -0.146. The molecule has 0 unspecified atom stereocenters. The molecule has 2 rings (SSSR count). The van der Waals surface area contributed by atoms with Crippen molar-refractivity contribution in [2.24, 2.45) is 0 Å². The van der Waals surface area contributed by atoms with Crippen LogP contribution >= 0.6 is 0 Å². The van der Waals surface area contributed by atoms with Crippen LogP contribution in [0.1, 0.15) is 90.6 Å². The van der Waals surface area contributed by atoms with Crippen molar-refractivity contribution >= 4 is 22.8 Å². The lowest BCUT2D eigenvalue weighted by atomic mass is 10.00. The van der Waals surface area contributed by atoms with E-state index in [1.165, 1.54) is 4.57 Å². The molecular formula is C26H35NO3. The van der Waals surface area contributed by atoms with Crippen molar-refractivity contribution in [3.05, 3.63) is 52.9 Å². The molecule has 4 nitrogen and oxygen atoms in total. The van der Waals surface area contributed by atoms with E-state index in [1.54, 1.807) is 6.07 Å². The van der Waals surface area contributed by atoms with E-state index < -0.39 is 11.7 Å². The summed E-state index contributed by atoms with van der Waals surface area (Å²) in [6, 6.07) is 9.31. The normalized spacial score (nSPS) is 11.3. The lowest BCUT2D eigenvalue weighted by Crippen LogP contribution is -2.29. The minimum atomic E-state index is -0.653. The Morgan fingerprint density at radius 1 is 1.03 bits per heavy atom. The minimum absolute atomic E-state index is 0.146. The lowest BCUT2D eigenvalue weighted by molar-refractivity contribution is 0.0536. The summed E-state index contributed by atoms with van der Waals surface area (Å²) >= 11 is 0. The van der Waals surface area contributed by atoms with Crippen molar-refractivity contribution < 1.29 is 14.3 Å². The number of benzene rings is 1. The highest BCUT2D eigenvalue weighted by Gasteiger charge is 2.26. The number of carbonyl (C=O) groups is 2. The molecule has 30 heavy (non-hydrogen) atoms. The Kier molecular flexibility index (Phi) is 8.25. The van der Waals surface area contributed by atoms with Crippen LogP contribution in [0.25, 0.3) is 10.9 Å². The Labute approximate surface area is 180 Å². The first-order valence-electron chi connectivity index (χ1n) is 11.1. The van der Waals surface area contributed by atoms with Gasteiger partial charge in [0.15, 0.2) is 0 Å². The van der Waals surface area contributed by atoms with Crippen LogP contribution in [0.2, 0.25) is 0 Å². The van der Waals surface area contributed by atoms with E-state index in [0.29, 0.717) is 23.2 Å². The summed E-state index contributed by atoms with van der Waals surface area (Å²) in [5.41, 5.74) is 5.53. The summed E-state index contributed by atoms with van der Waals surface area (Å²) in [6.07, 6.45) is 4.91. The van der Waals surface area contributed by atoms with Crippen LogP contribution < -0.4 is 0 Å². The number of rotatable bonds is 8. The molecule has 4 heteroatoms. The van der Waals surface area contributed by atoms with Gasteiger partial charge < -0.3 is 4.74 Å². The average molecular weight is 410 g/mol. The number of carbonyl (C=O) groups excluding carboxylic acids is 2. The lowest BCUT2D eigenvalue weighted by Gasteiger charge is -2.21. The summed E-state index contributed by atoms with van der Waals surface area (Å²) in [4.78, 5) is 26.7. The third-order valence-electron chi connectivity index (χ3n) is 5.01. The van der Waals surface area contributed by atoms with Gasteiger partial charge >= 0.3 is 6.09 Å². The van der Waals surface area contributed by atoms with Crippen molar-refractivity contribution in [2.45, 2.75) is 85.7 Å². The number of fused-ring (bicyclic) bond motifs is 1. The summed E-state index contributed by atoms with van der Waals surface area (Å²) in [7, 11) is 0. The molecule has 0 saturated heterocycles. The Morgan fingerprint density at radius 2 is 1.70 bits per heavy atom. The number of allylic oxidation sites excluding steroid dienone is 1. The number of aromatic nitrogens is 1. The number of hydrogen-bond donors (Lipinski definition) is 0. The van der Waals surface area contributed by atoms with E-state index in [0.717, 1.165) is 43.1 Å². The van der Waals surface area contributed by atoms with Gasteiger partial charge in [0.25, 0.3) is 0 Å². The Balaban J connectivity index is 2.63. The molecule has 1 aromatic heterocycles. The van der Waals surface area contributed by atoms with Crippen LogP contribution in [0.3, 0.4) is 0 Å². The number of nitrogens with zero attached hydrogens (tertiary/aromatic N) is 1. The fraction of sp³-hybridized carbons (Fsp3) is 0.500. The van der Waals surface area contributed by atoms with Gasteiger partial charge in [0.2, 0.25) is 5.78 Å². The molecule has 0 radical (unpaired) electrons. The van der Waals surface area contributed by atoms with Gasteiger partial charge in [-0.3, -0.25) is 4.79 Å². The SMILES string of the molecule is CCCCCC(=C=C(CC)CC)C(=O)c1cc2ccccc2n1C(=O)OC(C)(C)C. The molecule has 0 fully saturated rings. The van der Waals surface area contributed by atoms with Crippen LogP contribution in [-0.2, 0) is 4.74 Å². The molecule has 0 aliphatic carbocycles. The summed E-state index contributed by atoms with van der Waals surface area (Å²) in [6.45, 7) is 11.8. The quantitative estimate of drug-likeness (QED) is 0.197. The molecule has 0 aliphatic rings. The van der Waals surface area contributed by atoms with Gasteiger partial charge in [-0.25, -0.2) is 9.36 Å². The van der Waals surface area contributed by atoms with Gasteiger partial charge in [0.1, 0.15) is 11.3 Å². The van der Waals surface area contributed by atoms with Crippen molar-refractivity contribution in [2.75, 3.05) is 0 Å². The van der Waals surface area contributed by atoms with Crippen LogP contribution in [0.4, 0.5) is 4.79 Å². The molecule has 2 aromatic rings. The van der Waals surface area contributed by atoms with Gasteiger partial charge in [-0.15, -0.1) is 5.73 Å². The predicted molar refractivity (Wildman–Crippen MR) is 123 cm³/mol. The maximum absolute atomic E-state index is 13.6. The maximum Gasteiger partial charge on any atom is 0.419 e. The van der Waals surface area contributed by atoms with Gasteiger partial charge in [-0.1, -0.05) is 51.8 Å². The second-order valence-corrected chi connectivity index (χ2v) is 8.60. The second kappa shape index (κ2) is 10.4. The first-order valence-corrected chi connectivity index (χ1v) is 11.1. The van der Waals surface area contributed by atoms with Crippen LogP contribution in [0.5, 0.6) is 0 Å². The standard InChI is InChI=1S/C26H35NO3/c1-7-10-11-15-21(17-19(8-2)9-3)24(28)23-18-20-14-12-13-16-22(20)27(23)25(29)30-26(4,5)6/h12-14,16,18H,7-11,15H2,1-6H3. The molecule has 0 aliphatic heterocycles. The highest BCUT2D eigenvalue weighted by molar-refractivity contribution is 6.12. The Hall–Kier alpha value is -2.58. The van der Waals surface area contributed by atoms with Crippen molar-refractivity contribution in [1.82, 2.24) is 4.57 Å². The van der Waals surface area contributed by atoms with Gasteiger partial charge in [-0.2, -0.15) is 0 Å². The van der Waals surface area contributed by atoms with Crippen molar-refractivity contribution in [3.8, 4) is 0 Å². The fourth-order valence-corrected chi connectivity index (χ4v) is 3.41. The predicted octanol–water partition coefficient (Wildman–Crippen LogP) is 7.46. The first-order chi connectivity index (χ1) is 14.2. The van der Waals surface area contributed by atoms with E-state index >= 15 is 0 Å². The fourth-order valence-electron chi connectivity index (χ4n) is 3.41. The first kappa shape index (κ1) is 23.7. The number of para-hydroxylation sites is 1. The summed E-state index contributed by atoms with van der Waals surface area (Å²) < 4.78 is 7.04. The van der Waals surface area contributed by atoms with E-state index in [1.807, 2.05) is 45.0 Å². The van der Waals surface area contributed by atoms with Gasteiger partial charge in [0, 0.05) is 11.0 Å². The number of unbranched alkanes of at least 4 members (excludes halogenated alkanes) is 2. The molecule has 162 valence electrons. The zero-order valence-corrected chi connectivity index (χ0v) is 19.3. The zero-order valence-electron chi connectivity index (χ0n) is 19.3. The van der Waals surface area contributed by atoms with E-state index in [4.69, 9.17) is 4.74 Å². The monoisotopic (exact) mass is 409 g/mol. The molecule has 0 amide bonds. The van der Waals surface area contributed by atoms with Gasteiger partial charge in [-0.05, 0) is 64.2 Å². The number of ether oxygens (including phenoxy) is 1. The van der Waals surface area contributed by atoms with Crippen molar-refractivity contribution in [1.29, 1.82) is 0 Å².